The van der Waals surface area contributed by atoms with Crippen LogP contribution >= 0.6 is 0 Å². The van der Waals surface area contributed by atoms with E-state index in [-0.39, 0.29) is 35.0 Å². The fourth-order valence-electron chi connectivity index (χ4n) is 3.89. The molecule has 1 aliphatic rings. The van der Waals surface area contributed by atoms with Gasteiger partial charge in [-0.1, -0.05) is 29.4 Å². The van der Waals surface area contributed by atoms with Gasteiger partial charge in [0.2, 0.25) is 0 Å². The van der Waals surface area contributed by atoms with E-state index in [1.165, 1.54) is 5.57 Å². The van der Waals surface area contributed by atoms with E-state index in [1.54, 1.807) is 14.0 Å². The van der Waals surface area contributed by atoms with E-state index in [9.17, 15) is 15.0 Å². The molecule has 1 unspecified atom stereocenters. The van der Waals surface area contributed by atoms with Gasteiger partial charge in [0.1, 0.15) is 34.7 Å². The Hall–Kier alpha value is -3.21. The SMILES string of the molecule is COc1ccc(C2CC(=O)c3c(O)c(C)c(O)c(CC=C(C)C)c3O2)cc1CC=C(C)C. The maximum absolute atomic E-state index is 13.1. The Balaban J connectivity index is 2.08. The lowest BCUT2D eigenvalue weighted by Gasteiger charge is -2.29. The number of hydrogen-bond donors (Lipinski definition) is 2. The number of ether oxygens (including phenoxy) is 2. The van der Waals surface area contributed by atoms with Gasteiger partial charge in [-0.05, 0) is 70.7 Å². The lowest BCUT2D eigenvalue weighted by Crippen LogP contribution is -2.22. The summed E-state index contributed by atoms with van der Waals surface area (Å²) in [7, 11) is 1.64. The number of carbonyl (C=O) groups is 1. The van der Waals surface area contributed by atoms with Gasteiger partial charge in [0.05, 0.1) is 13.5 Å². The summed E-state index contributed by atoms with van der Waals surface area (Å²) >= 11 is 0. The second kappa shape index (κ2) is 9.51. The second-order valence-electron chi connectivity index (χ2n) is 8.78. The smallest absolute Gasteiger partial charge is 0.174 e. The number of fused-ring (bicyclic) bond motifs is 1. The zero-order chi connectivity index (χ0) is 23.6. The van der Waals surface area contributed by atoms with Gasteiger partial charge in [-0.3, -0.25) is 4.79 Å². The molecule has 0 bridgehead atoms. The summed E-state index contributed by atoms with van der Waals surface area (Å²) in [6.07, 6.45) is 4.81. The molecule has 0 aromatic heterocycles. The molecule has 0 spiro atoms. The molecular weight excluding hydrogens is 404 g/mol. The van der Waals surface area contributed by atoms with Crippen LogP contribution in [0.3, 0.4) is 0 Å². The molecule has 2 aromatic rings. The van der Waals surface area contributed by atoms with E-state index in [0.29, 0.717) is 24.0 Å². The van der Waals surface area contributed by atoms with Crippen molar-refractivity contribution >= 4 is 5.78 Å². The molecule has 5 heteroatoms. The van der Waals surface area contributed by atoms with Crippen molar-refractivity contribution in [1.29, 1.82) is 0 Å². The summed E-state index contributed by atoms with van der Waals surface area (Å²) < 4.78 is 11.8. The molecule has 2 aromatic carbocycles. The minimum absolute atomic E-state index is 0.0359. The lowest BCUT2D eigenvalue weighted by atomic mass is 9.89. The summed E-state index contributed by atoms with van der Waals surface area (Å²) in [5.74, 6) is 0.610. The van der Waals surface area contributed by atoms with Gasteiger partial charge in [0.15, 0.2) is 5.78 Å². The molecule has 1 aliphatic heterocycles. The topological polar surface area (TPSA) is 76.0 Å². The van der Waals surface area contributed by atoms with Crippen LogP contribution in [-0.2, 0) is 12.8 Å². The highest BCUT2D eigenvalue weighted by atomic mass is 16.5. The molecule has 3 rings (SSSR count). The van der Waals surface area contributed by atoms with E-state index in [4.69, 9.17) is 9.47 Å². The number of carbonyl (C=O) groups excluding carboxylic acids is 1. The fraction of sp³-hybridized carbons (Fsp3) is 0.370. The van der Waals surface area contributed by atoms with Crippen molar-refractivity contribution in [3.63, 3.8) is 0 Å². The number of allylic oxidation sites excluding steroid dienone is 4. The average Bonchev–Trinajstić information content (AvgIpc) is 2.75. The summed E-state index contributed by atoms with van der Waals surface area (Å²) in [5, 5.41) is 21.3. The van der Waals surface area contributed by atoms with Gasteiger partial charge in [0, 0.05) is 11.1 Å². The van der Waals surface area contributed by atoms with Crippen LogP contribution < -0.4 is 9.47 Å². The number of ketones is 1. The molecule has 5 nitrogen and oxygen atoms in total. The predicted molar refractivity (Wildman–Crippen MR) is 126 cm³/mol. The predicted octanol–water partition coefficient (Wildman–Crippen LogP) is 6.14. The van der Waals surface area contributed by atoms with E-state index in [1.807, 2.05) is 52.0 Å². The molecule has 0 saturated heterocycles. The molecule has 32 heavy (non-hydrogen) atoms. The number of Topliss-reactive ketones (excluding diaryl/α,β-unsaturated/α-hetero) is 1. The number of methoxy groups -OCH3 is 1. The highest BCUT2D eigenvalue weighted by molar-refractivity contribution is 6.04. The van der Waals surface area contributed by atoms with Crippen LogP contribution in [0.25, 0.3) is 0 Å². The molecule has 0 fully saturated rings. The molecule has 1 atom stereocenters. The van der Waals surface area contributed by atoms with Gasteiger partial charge in [-0.15, -0.1) is 0 Å². The normalized spacial score (nSPS) is 14.9. The number of aromatic hydroxyl groups is 2. The van der Waals surface area contributed by atoms with Gasteiger partial charge in [0.25, 0.3) is 0 Å². The first-order chi connectivity index (χ1) is 15.1. The molecule has 0 radical (unpaired) electrons. The van der Waals surface area contributed by atoms with Crippen LogP contribution in [0.1, 0.15) is 72.8 Å². The zero-order valence-electron chi connectivity index (χ0n) is 19.7. The third kappa shape index (κ3) is 4.67. The Labute approximate surface area is 190 Å². The van der Waals surface area contributed by atoms with Gasteiger partial charge in [-0.25, -0.2) is 0 Å². The van der Waals surface area contributed by atoms with Crippen LogP contribution in [-0.4, -0.2) is 23.1 Å². The number of phenolic OH excluding ortho intramolecular Hbond substituents is 2. The Morgan fingerprint density at radius 3 is 2.38 bits per heavy atom. The third-order valence-corrected chi connectivity index (χ3v) is 5.76. The van der Waals surface area contributed by atoms with Crippen molar-refractivity contribution in [3.8, 4) is 23.0 Å². The first-order valence-corrected chi connectivity index (χ1v) is 10.8. The molecule has 0 aliphatic carbocycles. The van der Waals surface area contributed by atoms with Crippen LogP contribution in [0.2, 0.25) is 0 Å². The monoisotopic (exact) mass is 436 g/mol. The fourth-order valence-corrected chi connectivity index (χ4v) is 3.89. The highest BCUT2D eigenvalue weighted by Crippen LogP contribution is 2.48. The van der Waals surface area contributed by atoms with E-state index < -0.39 is 6.10 Å². The number of phenols is 2. The quantitative estimate of drug-likeness (QED) is 0.532. The van der Waals surface area contributed by atoms with E-state index in [2.05, 4.69) is 6.08 Å². The molecule has 170 valence electrons. The number of rotatable bonds is 6. The van der Waals surface area contributed by atoms with Crippen molar-refractivity contribution in [2.45, 2.75) is 60.0 Å². The first-order valence-electron chi connectivity index (χ1n) is 10.8. The summed E-state index contributed by atoms with van der Waals surface area (Å²) in [4.78, 5) is 13.1. The van der Waals surface area contributed by atoms with Crippen molar-refractivity contribution in [2.24, 2.45) is 0 Å². The summed E-state index contributed by atoms with van der Waals surface area (Å²) in [5.41, 5.74) is 5.13. The summed E-state index contributed by atoms with van der Waals surface area (Å²) in [6, 6.07) is 5.80. The van der Waals surface area contributed by atoms with Crippen molar-refractivity contribution in [2.75, 3.05) is 7.11 Å². The number of benzene rings is 2. The molecule has 0 saturated carbocycles. The van der Waals surface area contributed by atoms with Crippen LogP contribution in [0, 0.1) is 6.92 Å². The van der Waals surface area contributed by atoms with Gasteiger partial charge >= 0.3 is 0 Å². The highest BCUT2D eigenvalue weighted by Gasteiger charge is 2.35. The lowest BCUT2D eigenvalue weighted by molar-refractivity contribution is 0.0842. The zero-order valence-corrected chi connectivity index (χ0v) is 19.7. The van der Waals surface area contributed by atoms with Gasteiger partial charge in [-0.2, -0.15) is 0 Å². The Morgan fingerprint density at radius 2 is 1.75 bits per heavy atom. The summed E-state index contributed by atoms with van der Waals surface area (Å²) in [6.45, 7) is 9.64. The third-order valence-electron chi connectivity index (χ3n) is 5.76. The van der Waals surface area contributed by atoms with Crippen molar-refractivity contribution < 1.29 is 24.5 Å². The van der Waals surface area contributed by atoms with Crippen LogP contribution in [0.4, 0.5) is 0 Å². The Kier molecular flexibility index (Phi) is 6.97. The molecule has 0 amide bonds. The maximum Gasteiger partial charge on any atom is 0.174 e. The average molecular weight is 437 g/mol. The molecule has 1 heterocycles. The number of hydrogen-bond acceptors (Lipinski definition) is 5. The van der Waals surface area contributed by atoms with Crippen LogP contribution in [0.5, 0.6) is 23.0 Å². The Morgan fingerprint density at radius 1 is 1.09 bits per heavy atom. The minimum atomic E-state index is -0.515. The molecule has 2 N–H and O–H groups in total. The second-order valence-corrected chi connectivity index (χ2v) is 8.78. The maximum atomic E-state index is 13.1. The van der Waals surface area contributed by atoms with Gasteiger partial charge < -0.3 is 19.7 Å². The molecular formula is C27H32O5. The van der Waals surface area contributed by atoms with Crippen LogP contribution in [0.15, 0.2) is 41.5 Å². The Bertz CT molecular complexity index is 1100. The van der Waals surface area contributed by atoms with E-state index >= 15 is 0 Å². The van der Waals surface area contributed by atoms with Crippen molar-refractivity contribution in [1.82, 2.24) is 0 Å². The van der Waals surface area contributed by atoms with Crippen molar-refractivity contribution in [3.05, 3.63) is 69.3 Å². The largest absolute Gasteiger partial charge is 0.507 e. The van der Waals surface area contributed by atoms with E-state index in [0.717, 1.165) is 22.4 Å². The first kappa shape index (κ1) is 23.5. The minimum Gasteiger partial charge on any atom is -0.507 e. The standard InChI is InChI=1S/C27H32O5/c1-15(2)7-9-18-13-19(10-12-22(18)31-6)23-14-21(28)24-26(30)17(5)25(29)20(27(24)32-23)11-8-16(3)4/h7-8,10,12-13,23,29-30H,9,11,14H2,1-6H3.